The third kappa shape index (κ3) is 2.20. The van der Waals surface area contributed by atoms with Crippen molar-refractivity contribution in [2.24, 2.45) is 0 Å². The fraction of sp³-hybridized carbons (Fsp3) is 0.214. The van der Waals surface area contributed by atoms with E-state index in [4.69, 9.17) is 0 Å². The highest BCUT2D eigenvalue weighted by Gasteiger charge is 2.26. The minimum Gasteiger partial charge on any atom is -0.463 e. The van der Waals surface area contributed by atoms with Gasteiger partial charge in [0.05, 0.1) is 24.1 Å². The molecule has 2 rings (SSSR count). The number of esters is 1. The van der Waals surface area contributed by atoms with Gasteiger partial charge in [0.1, 0.15) is 11.5 Å². The van der Waals surface area contributed by atoms with Crippen LogP contribution in [0, 0.1) is 19.7 Å². The average Bonchev–Trinajstić information content (AvgIpc) is 2.73. The summed E-state index contributed by atoms with van der Waals surface area (Å²) in [6.07, 6.45) is 0. The largest absolute Gasteiger partial charge is 0.463 e. The Hall–Kier alpha value is -2.50. The van der Waals surface area contributed by atoms with E-state index >= 15 is 0 Å². The topological polar surface area (TPSA) is 61.2 Å². The molecule has 2 aromatic rings. The smallest absolute Gasteiger partial charge is 0.379 e. The highest BCUT2D eigenvalue weighted by atomic mass is 19.1. The summed E-state index contributed by atoms with van der Waals surface area (Å²) in [5, 5.41) is 4.13. The number of ketones is 1. The quantitative estimate of drug-likeness (QED) is 0.488. The molecule has 1 aromatic heterocycles. The van der Waals surface area contributed by atoms with Gasteiger partial charge in [-0.3, -0.25) is 4.79 Å². The molecule has 5 nitrogen and oxygen atoms in total. The van der Waals surface area contributed by atoms with Crippen molar-refractivity contribution in [3.8, 4) is 5.69 Å². The van der Waals surface area contributed by atoms with E-state index in [1.54, 1.807) is 32.0 Å². The molecule has 20 heavy (non-hydrogen) atoms. The zero-order valence-electron chi connectivity index (χ0n) is 11.3. The van der Waals surface area contributed by atoms with Crippen LogP contribution in [0.5, 0.6) is 0 Å². The summed E-state index contributed by atoms with van der Waals surface area (Å²) in [7, 11) is 1.13. The molecule has 0 aliphatic heterocycles. The van der Waals surface area contributed by atoms with Crippen LogP contribution in [0.25, 0.3) is 5.69 Å². The van der Waals surface area contributed by atoms with Crippen LogP contribution in [0.2, 0.25) is 0 Å². The standard InChI is InChI=1S/C14H13FN2O3/c1-8-12(13(18)14(19)20-3)9(2)17(16-8)11-7-5-4-6-10(11)15/h4-7H,1-3H3. The zero-order chi connectivity index (χ0) is 14.9. The lowest BCUT2D eigenvalue weighted by molar-refractivity contribution is -0.135. The van der Waals surface area contributed by atoms with E-state index in [2.05, 4.69) is 9.84 Å². The molecule has 6 heteroatoms. The number of ether oxygens (including phenoxy) is 1. The first kappa shape index (κ1) is 13.9. The monoisotopic (exact) mass is 276 g/mol. The second-order valence-electron chi connectivity index (χ2n) is 4.23. The Morgan fingerprint density at radius 1 is 1.25 bits per heavy atom. The Bertz CT molecular complexity index is 692. The Morgan fingerprint density at radius 2 is 1.90 bits per heavy atom. The van der Waals surface area contributed by atoms with Gasteiger partial charge in [-0.05, 0) is 26.0 Å². The fourth-order valence-corrected chi connectivity index (χ4v) is 2.02. The maximum Gasteiger partial charge on any atom is 0.379 e. The normalized spacial score (nSPS) is 10.4. The number of aromatic nitrogens is 2. The number of carbonyl (C=O) groups excluding carboxylic acids is 2. The van der Waals surface area contributed by atoms with Crippen molar-refractivity contribution in [2.75, 3.05) is 7.11 Å². The van der Waals surface area contributed by atoms with Crippen LogP contribution in [0.15, 0.2) is 24.3 Å². The Kier molecular flexibility index (Phi) is 3.65. The van der Waals surface area contributed by atoms with Crippen LogP contribution in [0.1, 0.15) is 21.7 Å². The van der Waals surface area contributed by atoms with Gasteiger partial charge in [-0.1, -0.05) is 12.1 Å². The molecule has 104 valence electrons. The molecule has 1 aromatic carbocycles. The van der Waals surface area contributed by atoms with Crippen molar-refractivity contribution in [3.05, 3.63) is 47.0 Å². The number of aryl methyl sites for hydroxylation is 1. The Labute approximate surface area is 115 Å². The number of hydrogen-bond donors (Lipinski definition) is 0. The average molecular weight is 276 g/mol. The third-order valence-electron chi connectivity index (χ3n) is 2.97. The van der Waals surface area contributed by atoms with E-state index in [-0.39, 0.29) is 11.3 Å². The number of methoxy groups -OCH3 is 1. The van der Waals surface area contributed by atoms with Gasteiger partial charge < -0.3 is 4.74 Å². The van der Waals surface area contributed by atoms with Gasteiger partial charge >= 0.3 is 5.97 Å². The summed E-state index contributed by atoms with van der Waals surface area (Å²) in [6.45, 7) is 3.18. The highest BCUT2D eigenvalue weighted by molar-refractivity contribution is 6.41. The lowest BCUT2D eigenvalue weighted by Gasteiger charge is -2.05. The molecule has 0 fully saturated rings. The summed E-state index contributed by atoms with van der Waals surface area (Å²) in [4.78, 5) is 23.3. The van der Waals surface area contributed by atoms with Gasteiger partial charge in [-0.2, -0.15) is 5.10 Å². The van der Waals surface area contributed by atoms with Gasteiger partial charge in [0.15, 0.2) is 0 Å². The van der Waals surface area contributed by atoms with Crippen molar-refractivity contribution in [1.82, 2.24) is 9.78 Å². The first-order chi connectivity index (χ1) is 9.47. The van der Waals surface area contributed by atoms with E-state index in [1.807, 2.05) is 0 Å². The van der Waals surface area contributed by atoms with Gasteiger partial charge in [0, 0.05) is 0 Å². The Balaban J connectivity index is 2.58. The van der Waals surface area contributed by atoms with Crippen molar-refractivity contribution in [2.45, 2.75) is 13.8 Å². The molecule has 0 saturated carbocycles. The maximum absolute atomic E-state index is 13.8. The zero-order valence-corrected chi connectivity index (χ0v) is 11.3. The van der Waals surface area contributed by atoms with Crippen LogP contribution in [-0.2, 0) is 9.53 Å². The molecule has 0 amide bonds. The Morgan fingerprint density at radius 3 is 2.50 bits per heavy atom. The molecule has 0 aliphatic carbocycles. The minimum absolute atomic E-state index is 0.139. The molecule has 0 bridgehead atoms. The number of Topliss-reactive ketones (excluding diaryl/α,β-unsaturated/α-hetero) is 1. The molecule has 1 heterocycles. The molecule has 0 saturated heterocycles. The predicted molar refractivity (Wildman–Crippen MR) is 69.3 cm³/mol. The maximum atomic E-state index is 13.8. The summed E-state index contributed by atoms with van der Waals surface area (Å²) < 4.78 is 19.5. The van der Waals surface area contributed by atoms with E-state index in [0.717, 1.165) is 7.11 Å². The van der Waals surface area contributed by atoms with Crippen LogP contribution in [-0.4, -0.2) is 28.6 Å². The third-order valence-corrected chi connectivity index (χ3v) is 2.97. The van der Waals surface area contributed by atoms with Crippen molar-refractivity contribution in [3.63, 3.8) is 0 Å². The second kappa shape index (κ2) is 5.24. The van der Waals surface area contributed by atoms with E-state index < -0.39 is 17.6 Å². The molecule has 0 radical (unpaired) electrons. The number of para-hydroxylation sites is 1. The van der Waals surface area contributed by atoms with Gasteiger partial charge in [-0.25, -0.2) is 13.9 Å². The number of nitrogens with zero attached hydrogens (tertiary/aromatic N) is 2. The van der Waals surface area contributed by atoms with Gasteiger partial charge in [0.2, 0.25) is 0 Å². The van der Waals surface area contributed by atoms with Crippen molar-refractivity contribution >= 4 is 11.8 Å². The first-order valence-electron chi connectivity index (χ1n) is 5.91. The number of carbonyl (C=O) groups is 2. The molecular formula is C14H13FN2O3. The summed E-state index contributed by atoms with van der Waals surface area (Å²) in [6, 6.07) is 6.07. The predicted octanol–water partition coefficient (Wildman–Crippen LogP) is 1.98. The van der Waals surface area contributed by atoms with Crippen molar-refractivity contribution in [1.29, 1.82) is 0 Å². The number of hydrogen-bond acceptors (Lipinski definition) is 4. The number of benzene rings is 1. The molecule has 0 spiro atoms. The van der Waals surface area contributed by atoms with Crippen LogP contribution >= 0.6 is 0 Å². The summed E-state index contributed by atoms with van der Waals surface area (Å²) in [5.74, 6) is -2.22. The minimum atomic E-state index is -0.968. The lowest BCUT2D eigenvalue weighted by Crippen LogP contribution is -2.17. The summed E-state index contributed by atoms with van der Waals surface area (Å²) >= 11 is 0. The molecule has 0 N–H and O–H groups in total. The highest BCUT2D eigenvalue weighted by Crippen LogP contribution is 2.20. The van der Waals surface area contributed by atoms with Crippen LogP contribution in [0.3, 0.4) is 0 Å². The number of rotatable bonds is 3. The van der Waals surface area contributed by atoms with Gasteiger partial charge in [-0.15, -0.1) is 0 Å². The molecule has 0 atom stereocenters. The van der Waals surface area contributed by atoms with E-state index in [1.165, 1.54) is 10.7 Å². The molecular weight excluding hydrogens is 263 g/mol. The number of halogens is 1. The van der Waals surface area contributed by atoms with Crippen molar-refractivity contribution < 1.29 is 18.7 Å². The second-order valence-corrected chi connectivity index (χ2v) is 4.23. The molecule has 0 unspecified atom stereocenters. The van der Waals surface area contributed by atoms with Crippen LogP contribution in [0.4, 0.5) is 4.39 Å². The van der Waals surface area contributed by atoms with Gasteiger partial charge in [0.25, 0.3) is 5.78 Å². The lowest BCUT2D eigenvalue weighted by atomic mass is 10.1. The van der Waals surface area contributed by atoms with Crippen LogP contribution < -0.4 is 0 Å². The first-order valence-corrected chi connectivity index (χ1v) is 5.91. The summed E-state index contributed by atoms with van der Waals surface area (Å²) in [5.41, 5.74) is 1.10. The fourth-order valence-electron chi connectivity index (χ4n) is 2.02. The van der Waals surface area contributed by atoms with E-state index in [0.29, 0.717) is 11.4 Å². The molecule has 0 aliphatic rings. The van der Waals surface area contributed by atoms with E-state index in [9.17, 15) is 14.0 Å². The SMILES string of the molecule is COC(=O)C(=O)c1c(C)nn(-c2ccccc2F)c1C.